The number of fused-ring (bicyclic) bond motifs is 1. The molecule has 3 rings (SSSR count). The topological polar surface area (TPSA) is 67.4 Å². The highest BCUT2D eigenvalue weighted by atomic mass is 19.3. The molecule has 1 fully saturated rings. The van der Waals surface area contributed by atoms with Gasteiger partial charge in [0.25, 0.3) is 0 Å². The molecular formula is C20H30F2N4O3. The molecule has 2 heterocycles. The fourth-order valence-corrected chi connectivity index (χ4v) is 3.55. The molecule has 1 aromatic carbocycles. The summed E-state index contributed by atoms with van der Waals surface area (Å²) in [6, 6.07) is 3.46. The van der Waals surface area contributed by atoms with Gasteiger partial charge in [0.2, 0.25) is 6.79 Å². The van der Waals surface area contributed by atoms with E-state index in [0.29, 0.717) is 29.1 Å². The normalized spacial score (nSPS) is 18.8. The molecule has 0 aliphatic carbocycles. The molecule has 0 aromatic heterocycles. The van der Waals surface area contributed by atoms with Gasteiger partial charge in [-0.05, 0) is 44.8 Å². The molecule has 29 heavy (non-hydrogen) atoms. The first-order valence-electron chi connectivity index (χ1n) is 10.0. The molecule has 1 atom stereocenters. The minimum atomic E-state index is -2.92. The lowest BCUT2D eigenvalue weighted by Gasteiger charge is -2.35. The number of piperidine rings is 1. The molecule has 0 radical (unpaired) electrons. The SMILES string of the molecule is CN=C(NCc1cc2c(cc1OC(F)F)OCO2)NCC(C)N1CCC(C)CC1. The van der Waals surface area contributed by atoms with Crippen molar-refractivity contribution in [2.75, 3.05) is 33.5 Å². The molecule has 0 spiro atoms. The van der Waals surface area contributed by atoms with Crippen molar-refractivity contribution in [3.05, 3.63) is 17.7 Å². The van der Waals surface area contributed by atoms with Crippen molar-refractivity contribution >= 4 is 5.96 Å². The van der Waals surface area contributed by atoms with Gasteiger partial charge in [-0.25, -0.2) is 0 Å². The summed E-state index contributed by atoms with van der Waals surface area (Å²) in [6.07, 6.45) is 2.46. The number of benzene rings is 1. The lowest BCUT2D eigenvalue weighted by molar-refractivity contribution is -0.0505. The van der Waals surface area contributed by atoms with Crippen LogP contribution in [0.5, 0.6) is 17.2 Å². The van der Waals surface area contributed by atoms with Gasteiger partial charge in [0.05, 0.1) is 0 Å². The van der Waals surface area contributed by atoms with Gasteiger partial charge < -0.3 is 24.8 Å². The van der Waals surface area contributed by atoms with E-state index >= 15 is 0 Å². The van der Waals surface area contributed by atoms with E-state index in [1.165, 1.54) is 18.9 Å². The minimum Gasteiger partial charge on any atom is -0.454 e. The molecule has 0 amide bonds. The Labute approximate surface area is 170 Å². The molecule has 0 bridgehead atoms. The Morgan fingerprint density at radius 3 is 2.59 bits per heavy atom. The second-order valence-corrected chi connectivity index (χ2v) is 7.57. The van der Waals surface area contributed by atoms with Crippen molar-refractivity contribution < 1.29 is 23.0 Å². The summed E-state index contributed by atoms with van der Waals surface area (Å²) in [7, 11) is 1.68. The zero-order valence-corrected chi connectivity index (χ0v) is 17.2. The number of hydrogen-bond acceptors (Lipinski definition) is 5. The van der Waals surface area contributed by atoms with Crippen molar-refractivity contribution in [2.45, 2.75) is 45.9 Å². The van der Waals surface area contributed by atoms with Crippen molar-refractivity contribution in [1.29, 1.82) is 0 Å². The number of likely N-dealkylation sites (tertiary alicyclic amines) is 1. The number of nitrogens with one attached hydrogen (secondary N) is 2. The summed E-state index contributed by atoms with van der Waals surface area (Å²) < 4.78 is 40.8. The fraction of sp³-hybridized carbons (Fsp3) is 0.650. The van der Waals surface area contributed by atoms with E-state index in [9.17, 15) is 8.78 Å². The van der Waals surface area contributed by atoms with Crippen LogP contribution in [-0.4, -0.2) is 57.0 Å². The first-order valence-corrected chi connectivity index (χ1v) is 10.0. The van der Waals surface area contributed by atoms with Crippen LogP contribution in [0.1, 0.15) is 32.3 Å². The van der Waals surface area contributed by atoms with Crippen LogP contribution < -0.4 is 24.8 Å². The maximum atomic E-state index is 12.8. The summed E-state index contributed by atoms with van der Waals surface area (Å²) in [5.74, 6) is 2.37. The summed E-state index contributed by atoms with van der Waals surface area (Å²) >= 11 is 0. The molecular weight excluding hydrogens is 382 g/mol. The number of halogens is 2. The van der Waals surface area contributed by atoms with Crippen LogP contribution >= 0.6 is 0 Å². The first-order chi connectivity index (χ1) is 14.0. The van der Waals surface area contributed by atoms with E-state index in [4.69, 9.17) is 9.47 Å². The molecule has 162 valence electrons. The van der Waals surface area contributed by atoms with Crippen molar-refractivity contribution in [2.24, 2.45) is 10.9 Å². The highest BCUT2D eigenvalue weighted by Gasteiger charge is 2.22. The third-order valence-electron chi connectivity index (χ3n) is 5.45. The molecule has 9 heteroatoms. The van der Waals surface area contributed by atoms with E-state index in [1.54, 1.807) is 13.1 Å². The van der Waals surface area contributed by atoms with Crippen LogP contribution in [0.4, 0.5) is 8.78 Å². The Balaban J connectivity index is 1.55. The van der Waals surface area contributed by atoms with Crippen molar-refractivity contribution in [1.82, 2.24) is 15.5 Å². The van der Waals surface area contributed by atoms with E-state index in [2.05, 4.69) is 39.1 Å². The van der Waals surface area contributed by atoms with Crippen LogP contribution in [0.3, 0.4) is 0 Å². The molecule has 2 N–H and O–H groups in total. The zero-order chi connectivity index (χ0) is 20.8. The number of nitrogens with zero attached hydrogens (tertiary/aromatic N) is 2. The minimum absolute atomic E-state index is 0.0583. The average molecular weight is 412 g/mol. The second kappa shape index (κ2) is 9.96. The van der Waals surface area contributed by atoms with Gasteiger partial charge in [-0.15, -0.1) is 0 Å². The van der Waals surface area contributed by atoms with Gasteiger partial charge >= 0.3 is 6.61 Å². The first kappa shape index (κ1) is 21.4. The number of ether oxygens (including phenoxy) is 3. The number of alkyl halides is 2. The van der Waals surface area contributed by atoms with Crippen molar-refractivity contribution in [3.8, 4) is 17.2 Å². The molecule has 1 aromatic rings. The Hall–Kier alpha value is -2.29. The maximum absolute atomic E-state index is 12.8. The highest BCUT2D eigenvalue weighted by Crippen LogP contribution is 2.38. The van der Waals surface area contributed by atoms with E-state index < -0.39 is 6.61 Å². The molecule has 1 saturated heterocycles. The Morgan fingerprint density at radius 2 is 1.93 bits per heavy atom. The number of aliphatic imine (C=N–C) groups is 1. The summed E-state index contributed by atoms with van der Waals surface area (Å²) in [4.78, 5) is 6.71. The number of rotatable bonds is 7. The molecule has 2 aliphatic rings. The van der Waals surface area contributed by atoms with Crippen LogP contribution in [0.2, 0.25) is 0 Å². The van der Waals surface area contributed by atoms with Gasteiger partial charge in [0.1, 0.15) is 5.75 Å². The summed E-state index contributed by atoms with van der Waals surface area (Å²) in [6.45, 7) is 4.87. The van der Waals surface area contributed by atoms with Gasteiger partial charge in [-0.2, -0.15) is 8.78 Å². The van der Waals surface area contributed by atoms with Gasteiger partial charge in [0.15, 0.2) is 17.5 Å². The fourth-order valence-electron chi connectivity index (χ4n) is 3.55. The molecule has 2 aliphatic heterocycles. The van der Waals surface area contributed by atoms with Crippen LogP contribution in [-0.2, 0) is 6.54 Å². The highest BCUT2D eigenvalue weighted by molar-refractivity contribution is 5.79. The van der Waals surface area contributed by atoms with E-state index in [1.807, 2.05) is 0 Å². The van der Waals surface area contributed by atoms with Gasteiger partial charge in [-0.3, -0.25) is 9.89 Å². The predicted octanol–water partition coefficient (Wildman–Crippen LogP) is 2.80. The Bertz CT molecular complexity index is 709. The number of guanidine groups is 1. The van der Waals surface area contributed by atoms with Crippen LogP contribution in [0, 0.1) is 5.92 Å². The van der Waals surface area contributed by atoms with E-state index in [-0.39, 0.29) is 19.1 Å². The smallest absolute Gasteiger partial charge is 0.387 e. The predicted molar refractivity (Wildman–Crippen MR) is 107 cm³/mol. The lowest BCUT2D eigenvalue weighted by atomic mass is 9.98. The largest absolute Gasteiger partial charge is 0.454 e. The summed E-state index contributed by atoms with van der Waals surface area (Å²) in [5, 5.41) is 6.47. The van der Waals surface area contributed by atoms with Crippen LogP contribution in [0.15, 0.2) is 17.1 Å². The summed E-state index contributed by atoms with van der Waals surface area (Å²) in [5.41, 5.74) is 0.538. The molecule has 7 nitrogen and oxygen atoms in total. The quantitative estimate of drug-likeness (QED) is 0.530. The van der Waals surface area contributed by atoms with E-state index in [0.717, 1.165) is 25.6 Å². The second-order valence-electron chi connectivity index (χ2n) is 7.57. The molecule has 1 unspecified atom stereocenters. The Kier molecular flexibility index (Phi) is 7.35. The standard InChI is InChI=1S/C20H30F2N4O3/c1-13-4-6-26(7-5-13)14(2)10-24-20(23-3)25-11-15-8-17-18(28-12-27-17)9-16(15)29-19(21)22/h8-9,13-14,19H,4-7,10-12H2,1-3H3,(H2,23,24,25). The number of hydrogen-bond donors (Lipinski definition) is 2. The Morgan fingerprint density at radius 1 is 1.24 bits per heavy atom. The van der Waals surface area contributed by atoms with Gasteiger partial charge in [-0.1, -0.05) is 6.92 Å². The maximum Gasteiger partial charge on any atom is 0.387 e. The third-order valence-corrected chi connectivity index (χ3v) is 5.45. The average Bonchev–Trinajstić information content (AvgIpc) is 3.15. The van der Waals surface area contributed by atoms with Gasteiger partial charge in [0, 0.05) is 37.8 Å². The third kappa shape index (κ3) is 5.85. The molecule has 0 saturated carbocycles. The zero-order valence-electron chi connectivity index (χ0n) is 17.2. The monoisotopic (exact) mass is 412 g/mol. The van der Waals surface area contributed by atoms with Crippen LogP contribution in [0.25, 0.3) is 0 Å². The lowest BCUT2D eigenvalue weighted by Crippen LogP contribution is -2.48. The van der Waals surface area contributed by atoms with Crippen molar-refractivity contribution in [3.63, 3.8) is 0 Å².